The number of rotatable bonds is 1. The minimum Gasteiger partial charge on any atom is -0.480 e. The van der Waals surface area contributed by atoms with E-state index in [1.54, 1.807) is 0 Å². The summed E-state index contributed by atoms with van der Waals surface area (Å²) < 4.78 is 0. The average molecular weight is 213 g/mol. The monoisotopic (exact) mass is 213 g/mol. The SMILES string of the molecule is O=C(O)[C@@H]1C[C@@H]2CCCC[C@@H]2N1C(=O)O. The topological polar surface area (TPSA) is 77.8 Å². The molecule has 2 fully saturated rings. The van der Waals surface area contributed by atoms with Crippen molar-refractivity contribution in [1.29, 1.82) is 0 Å². The van der Waals surface area contributed by atoms with Crippen LogP contribution in [0.3, 0.4) is 0 Å². The number of hydrogen-bond acceptors (Lipinski definition) is 2. The summed E-state index contributed by atoms with van der Waals surface area (Å²) in [6.07, 6.45) is 3.31. The molecule has 0 aromatic rings. The van der Waals surface area contributed by atoms with Gasteiger partial charge in [0, 0.05) is 6.04 Å². The Labute approximate surface area is 87.7 Å². The summed E-state index contributed by atoms with van der Waals surface area (Å²) in [5, 5.41) is 18.0. The second kappa shape index (κ2) is 3.72. The summed E-state index contributed by atoms with van der Waals surface area (Å²) in [6, 6.07) is -0.882. The van der Waals surface area contributed by atoms with E-state index in [1.807, 2.05) is 0 Å². The normalized spacial score (nSPS) is 34.9. The molecule has 0 aromatic carbocycles. The van der Waals surface area contributed by atoms with E-state index in [4.69, 9.17) is 10.2 Å². The molecule has 5 heteroatoms. The summed E-state index contributed by atoms with van der Waals surface area (Å²) in [5.41, 5.74) is 0. The first-order valence-corrected chi connectivity index (χ1v) is 5.35. The van der Waals surface area contributed by atoms with Crippen LogP contribution >= 0.6 is 0 Å². The Hall–Kier alpha value is -1.26. The van der Waals surface area contributed by atoms with Crippen molar-refractivity contribution in [2.45, 2.75) is 44.2 Å². The Morgan fingerprint density at radius 2 is 1.80 bits per heavy atom. The Morgan fingerprint density at radius 3 is 2.40 bits per heavy atom. The number of amides is 1. The maximum Gasteiger partial charge on any atom is 0.408 e. The lowest BCUT2D eigenvalue weighted by Crippen LogP contribution is -2.45. The Morgan fingerprint density at radius 1 is 1.13 bits per heavy atom. The van der Waals surface area contributed by atoms with Gasteiger partial charge in [-0.3, -0.25) is 4.90 Å². The first-order valence-electron chi connectivity index (χ1n) is 5.35. The highest BCUT2D eigenvalue weighted by Gasteiger charge is 2.47. The number of likely N-dealkylation sites (tertiary alicyclic amines) is 1. The zero-order chi connectivity index (χ0) is 11.0. The molecule has 1 aliphatic heterocycles. The van der Waals surface area contributed by atoms with Crippen LogP contribution in [0.5, 0.6) is 0 Å². The number of hydrogen-bond donors (Lipinski definition) is 2. The number of carbonyl (C=O) groups is 2. The maximum atomic E-state index is 11.0. The first-order chi connectivity index (χ1) is 7.11. The van der Waals surface area contributed by atoms with E-state index in [0.717, 1.165) is 30.6 Å². The lowest BCUT2D eigenvalue weighted by atomic mass is 9.85. The van der Waals surface area contributed by atoms with Crippen LogP contribution < -0.4 is 0 Å². The van der Waals surface area contributed by atoms with Gasteiger partial charge in [-0.15, -0.1) is 0 Å². The molecule has 0 unspecified atom stereocenters. The highest BCUT2D eigenvalue weighted by Crippen LogP contribution is 2.39. The van der Waals surface area contributed by atoms with Crippen molar-refractivity contribution in [2.75, 3.05) is 0 Å². The fourth-order valence-corrected chi connectivity index (χ4v) is 2.96. The number of fused-ring (bicyclic) bond motifs is 1. The van der Waals surface area contributed by atoms with E-state index >= 15 is 0 Å². The van der Waals surface area contributed by atoms with Gasteiger partial charge in [-0.2, -0.15) is 0 Å². The summed E-state index contributed by atoms with van der Waals surface area (Å²) in [5.74, 6) is -0.747. The van der Waals surface area contributed by atoms with Gasteiger partial charge in [-0.05, 0) is 25.2 Å². The van der Waals surface area contributed by atoms with E-state index in [2.05, 4.69) is 0 Å². The smallest absolute Gasteiger partial charge is 0.408 e. The lowest BCUT2D eigenvalue weighted by molar-refractivity contribution is -0.142. The van der Waals surface area contributed by atoms with Gasteiger partial charge in [0.15, 0.2) is 0 Å². The van der Waals surface area contributed by atoms with Gasteiger partial charge in [0.25, 0.3) is 0 Å². The average Bonchev–Trinajstić information content (AvgIpc) is 2.56. The van der Waals surface area contributed by atoms with Crippen molar-refractivity contribution in [3.05, 3.63) is 0 Å². The molecule has 15 heavy (non-hydrogen) atoms. The standard InChI is InChI=1S/C10H15NO4/c12-9(13)8-5-6-3-1-2-4-7(6)11(8)10(14)15/h6-8H,1-5H2,(H,12,13)(H,14,15)/t6-,7-,8-/m0/s1. The van der Waals surface area contributed by atoms with E-state index in [9.17, 15) is 9.59 Å². The van der Waals surface area contributed by atoms with Gasteiger partial charge < -0.3 is 10.2 Å². The van der Waals surface area contributed by atoms with Gasteiger partial charge in [0.05, 0.1) is 0 Å². The van der Waals surface area contributed by atoms with Crippen LogP contribution in [-0.4, -0.2) is 39.3 Å². The largest absolute Gasteiger partial charge is 0.480 e. The Kier molecular flexibility index (Phi) is 2.54. The molecule has 0 aromatic heterocycles. The molecule has 1 aliphatic carbocycles. The molecule has 1 saturated carbocycles. The van der Waals surface area contributed by atoms with Gasteiger partial charge in [-0.1, -0.05) is 12.8 Å². The molecule has 2 rings (SSSR count). The van der Waals surface area contributed by atoms with Gasteiger partial charge in [-0.25, -0.2) is 9.59 Å². The molecule has 2 aliphatic rings. The van der Waals surface area contributed by atoms with Crippen LogP contribution in [-0.2, 0) is 4.79 Å². The van der Waals surface area contributed by atoms with Gasteiger partial charge in [0.1, 0.15) is 6.04 Å². The third-order valence-electron chi connectivity index (χ3n) is 3.59. The highest BCUT2D eigenvalue weighted by molar-refractivity contribution is 5.80. The molecule has 84 valence electrons. The molecule has 1 saturated heterocycles. The molecule has 1 amide bonds. The first kappa shape index (κ1) is 10.3. The van der Waals surface area contributed by atoms with E-state index in [-0.39, 0.29) is 12.0 Å². The fourth-order valence-electron chi connectivity index (χ4n) is 2.96. The predicted molar refractivity (Wildman–Crippen MR) is 51.7 cm³/mol. The quantitative estimate of drug-likeness (QED) is 0.689. The molecular weight excluding hydrogens is 198 g/mol. The number of carboxylic acid groups (broad SMARTS) is 2. The predicted octanol–water partition coefficient (Wildman–Crippen LogP) is 1.38. The van der Waals surface area contributed by atoms with Gasteiger partial charge in [0.2, 0.25) is 0 Å². The van der Waals surface area contributed by atoms with Crippen LogP contribution in [0.4, 0.5) is 4.79 Å². The van der Waals surface area contributed by atoms with Crippen molar-refractivity contribution in [1.82, 2.24) is 4.90 Å². The second-order valence-corrected chi connectivity index (χ2v) is 4.39. The van der Waals surface area contributed by atoms with Crippen LogP contribution in [0.2, 0.25) is 0 Å². The maximum absolute atomic E-state index is 11.0. The molecule has 3 atom stereocenters. The van der Waals surface area contributed by atoms with Crippen molar-refractivity contribution in [3.63, 3.8) is 0 Å². The van der Waals surface area contributed by atoms with Crippen LogP contribution in [0, 0.1) is 5.92 Å². The minimum absolute atomic E-state index is 0.0580. The zero-order valence-corrected chi connectivity index (χ0v) is 8.43. The molecule has 0 spiro atoms. The molecule has 1 heterocycles. The molecule has 0 radical (unpaired) electrons. The van der Waals surface area contributed by atoms with Crippen molar-refractivity contribution in [2.24, 2.45) is 5.92 Å². The molecular formula is C10H15NO4. The fraction of sp³-hybridized carbons (Fsp3) is 0.800. The third kappa shape index (κ3) is 1.66. The lowest BCUT2D eigenvalue weighted by Gasteiger charge is -2.30. The number of carboxylic acids is 1. The van der Waals surface area contributed by atoms with Crippen LogP contribution in [0.1, 0.15) is 32.1 Å². The highest BCUT2D eigenvalue weighted by atomic mass is 16.4. The Bertz CT molecular complexity index is 291. The van der Waals surface area contributed by atoms with Crippen LogP contribution in [0.25, 0.3) is 0 Å². The summed E-state index contributed by atoms with van der Waals surface area (Å²) >= 11 is 0. The summed E-state index contributed by atoms with van der Waals surface area (Å²) in [7, 11) is 0. The van der Waals surface area contributed by atoms with Gasteiger partial charge >= 0.3 is 12.1 Å². The number of nitrogens with zero attached hydrogens (tertiary/aromatic N) is 1. The molecule has 2 N–H and O–H groups in total. The minimum atomic E-state index is -1.09. The number of aliphatic carboxylic acids is 1. The second-order valence-electron chi connectivity index (χ2n) is 4.39. The Balaban J connectivity index is 2.21. The summed E-state index contributed by atoms with van der Waals surface area (Å²) in [6.45, 7) is 0. The van der Waals surface area contributed by atoms with Crippen LogP contribution in [0.15, 0.2) is 0 Å². The van der Waals surface area contributed by atoms with E-state index in [0.29, 0.717) is 6.42 Å². The third-order valence-corrected chi connectivity index (χ3v) is 3.59. The van der Waals surface area contributed by atoms with Crippen molar-refractivity contribution in [3.8, 4) is 0 Å². The molecule has 0 bridgehead atoms. The van der Waals surface area contributed by atoms with Crippen molar-refractivity contribution >= 4 is 12.1 Å². The summed E-state index contributed by atoms with van der Waals surface area (Å²) in [4.78, 5) is 23.1. The molecule has 5 nitrogen and oxygen atoms in total. The van der Waals surface area contributed by atoms with Crippen molar-refractivity contribution < 1.29 is 19.8 Å². The van der Waals surface area contributed by atoms with E-state index < -0.39 is 18.1 Å². The van der Waals surface area contributed by atoms with E-state index in [1.165, 1.54) is 0 Å². The zero-order valence-electron chi connectivity index (χ0n) is 8.43.